The van der Waals surface area contributed by atoms with Crippen LogP contribution in [-0.2, 0) is 28.0 Å². The molecule has 0 fully saturated rings. The van der Waals surface area contributed by atoms with Gasteiger partial charge in [-0.3, -0.25) is 9.59 Å². The van der Waals surface area contributed by atoms with Crippen LogP contribution in [0.2, 0.25) is 5.02 Å². The summed E-state index contributed by atoms with van der Waals surface area (Å²) in [4.78, 5) is 27.6. The largest absolute Gasteiger partial charge is 0.354 e. The molecule has 2 rings (SSSR count). The van der Waals surface area contributed by atoms with Crippen LogP contribution in [0.5, 0.6) is 0 Å². The smallest absolute Gasteiger partial charge is 0.242 e. The van der Waals surface area contributed by atoms with Crippen molar-refractivity contribution in [2.24, 2.45) is 5.92 Å². The molecule has 2 aromatic rings. The molecule has 4 nitrogen and oxygen atoms in total. The topological polar surface area (TPSA) is 49.4 Å². The van der Waals surface area contributed by atoms with E-state index in [1.807, 2.05) is 32.0 Å². The van der Waals surface area contributed by atoms with E-state index in [9.17, 15) is 9.59 Å². The van der Waals surface area contributed by atoms with E-state index in [2.05, 4.69) is 50.4 Å². The molecule has 0 saturated carbocycles. The molecule has 5 heteroatoms. The zero-order chi connectivity index (χ0) is 23.9. The lowest BCUT2D eigenvalue weighted by atomic mass is 9.86. The second-order valence-electron chi connectivity index (χ2n) is 9.91. The predicted molar refractivity (Wildman–Crippen MR) is 133 cm³/mol. The highest BCUT2D eigenvalue weighted by molar-refractivity contribution is 6.30. The number of halogens is 1. The van der Waals surface area contributed by atoms with Crippen LogP contribution in [-0.4, -0.2) is 29.3 Å². The SMILES string of the molecule is CC(C)CNC(=O)[C@H](C)N(Cc1cccc(Cl)c1)C(=O)CCc1ccc(C(C)(C)C)cc1. The van der Waals surface area contributed by atoms with E-state index in [4.69, 9.17) is 11.6 Å². The van der Waals surface area contributed by atoms with Gasteiger partial charge < -0.3 is 10.2 Å². The number of hydrogen-bond acceptors (Lipinski definition) is 2. The first kappa shape index (κ1) is 25.9. The molecule has 0 aliphatic carbocycles. The third kappa shape index (κ3) is 7.98. The van der Waals surface area contributed by atoms with Gasteiger partial charge in [-0.2, -0.15) is 0 Å². The summed E-state index contributed by atoms with van der Waals surface area (Å²) in [6.07, 6.45) is 0.979. The average molecular weight is 457 g/mol. The maximum atomic E-state index is 13.2. The van der Waals surface area contributed by atoms with Crippen molar-refractivity contribution in [2.45, 2.75) is 72.4 Å². The van der Waals surface area contributed by atoms with E-state index in [0.29, 0.717) is 36.9 Å². The molecule has 0 bridgehead atoms. The average Bonchev–Trinajstić information content (AvgIpc) is 2.73. The maximum absolute atomic E-state index is 13.2. The first-order valence-corrected chi connectivity index (χ1v) is 11.8. The van der Waals surface area contributed by atoms with Gasteiger partial charge in [-0.15, -0.1) is 0 Å². The number of aryl methyl sites for hydroxylation is 1. The third-order valence-corrected chi connectivity index (χ3v) is 5.78. The molecular formula is C27H37ClN2O2. The second-order valence-corrected chi connectivity index (χ2v) is 10.3. The van der Waals surface area contributed by atoms with E-state index in [1.165, 1.54) is 5.56 Å². The number of hydrogen-bond donors (Lipinski definition) is 1. The van der Waals surface area contributed by atoms with E-state index in [1.54, 1.807) is 17.9 Å². The van der Waals surface area contributed by atoms with Crippen LogP contribution in [0.15, 0.2) is 48.5 Å². The molecule has 0 unspecified atom stereocenters. The van der Waals surface area contributed by atoms with Gasteiger partial charge in [-0.1, -0.05) is 82.6 Å². The summed E-state index contributed by atoms with van der Waals surface area (Å²) in [6.45, 7) is 13.4. The molecule has 0 radical (unpaired) electrons. The van der Waals surface area contributed by atoms with Crippen LogP contribution in [0.3, 0.4) is 0 Å². The molecule has 0 aliphatic heterocycles. The molecule has 32 heavy (non-hydrogen) atoms. The molecule has 174 valence electrons. The number of amides is 2. The van der Waals surface area contributed by atoms with Crippen molar-refractivity contribution in [3.05, 3.63) is 70.2 Å². The quantitative estimate of drug-likeness (QED) is 0.521. The molecule has 1 atom stereocenters. The highest BCUT2D eigenvalue weighted by Gasteiger charge is 2.26. The fraction of sp³-hybridized carbons (Fsp3) is 0.481. The lowest BCUT2D eigenvalue weighted by Gasteiger charge is -2.29. The number of rotatable bonds is 9. The summed E-state index contributed by atoms with van der Waals surface area (Å²) >= 11 is 6.14. The van der Waals surface area contributed by atoms with Crippen molar-refractivity contribution in [3.8, 4) is 0 Å². The minimum Gasteiger partial charge on any atom is -0.354 e. The lowest BCUT2D eigenvalue weighted by Crippen LogP contribution is -2.48. The van der Waals surface area contributed by atoms with Gasteiger partial charge in [0.05, 0.1) is 0 Å². The van der Waals surface area contributed by atoms with E-state index in [-0.39, 0.29) is 17.2 Å². The number of benzene rings is 2. The molecule has 0 aromatic heterocycles. The molecule has 0 aliphatic rings. The zero-order valence-corrected chi connectivity index (χ0v) is 21.0. The van der Waals surface area contributed by atoms with Crippen molar-refractivity contribution in [1.29, 1.82) is 0 Å². The van der Waals surface area contributed by atoms with Crippen molar-refractivity contribution in [2.75, 3.05) is 6.54 Å². The first-order chi connectivity index (χ1) is 15.0. The summed E-state index contributed by atoms with van der Waals surface area (Å²) < 4.78 is 0. The molecule has 0 heterocycles. The zero-order valence-electron chi connectivity index (χ0n) is 20.2. The van der Waals surface area contributed by atoms with Gasteiger partial charge in [0.1, 0.15) is 6.04 Å². The molecule has 0 saturated heterocycles. The Kier molecular flexibility index (Phi) is 9.33. The number of nitrogens with zero attached hydrogens (tertiary/aromatic N) is 1. The molecule has 1 N–H and O–H groups in total. The number of carbonyl (C=O) groups excluding carboxylic acids is 2. The van der Waals surface area contributed by atoms with Gasteiger partial charge in [0.25, 0.3) is 0 Å². The van der Waals surface area contributed by atoms with Crippen LogP contribution in [0.4, 0.5) is 0 Å². The highest BCUT2D eigenvalue weighted by atomic mass is 35.5. The Morgan fingerprint density at radius 2 is 1.66 bits per heavy atom. The summed E-state index contributed by atoms with van der Waals surface area (Å²) in [5.41, 5.74) is 3.39. The molecule has 2 aromatic carbocycles. The van der Waals surface area contributed by atoms with Gasteiger partial charge in [0.15, 0.2) is 0 Å². The Bertz CT molecular complexity index is 901. The third-order valence-electron chi connectivity index (χ3n) is 5.54. The standard InChI is InChI=1S/C27H37ClN2O2/c1-19(2)17-29-26(32)20(3)30(18-22-8-7-9-24(28)16-22)25(31)15-12-21-10-13-23(14-11-21)27(4,5)6/h7-11,13-14,16,19-20H,12,15,17-18H2,1-6H3,(H,29,32)/t20-/m0/s1. The summed E-state index contributed by atoms with van der Waals surface area (Å²) in [5.74, 6) is 0.167. The van der Waals surface area contributed by atoms with E-state index < -0.39 is 6.04 Å². The second kappa shape index (κ2) is 11.5. The Hall–Kier alpha value is -2.33. The van der Waals surface area contributed by atoms with Crippen molar-refractivity contribution >= 4 is 23.4 Å². The van der Waals surface area contributed by atoms with E-state index >= 15 is 0 Å². The first-order valence-electron chi connectivity index (χ1n) is 11.4. The molecule has 2 amide bonds. The van der Waals surface area contributed by atoms with Gasteiger partial charge in [-0.05, 0) is 53.5 Å². The van der Waals surface area contributed by atoms with Crippen molar-refractivity contribution < 1.29 is 9.59 Å². The van der Waals surface area contributed by atoms with Gasteiger partial charge >= 0.3 is 0 Å². The van der Waals surface area contributed by atoms with Gasteiger partial charge in [-0.25, -0.2) is 0 Å². The monoisotopic (exact) mass is 456 g/mol. The fourth-order valence-electron chi connectivity index (χ4n) is 3.43. The number of nitrogens with one attached hydrogen (secondary N) is 1. The van der Waals surface area contributed by atoms with Crippen molar-refractivity contribution in [1.82, 2.24) is 10.2 Å². The Balaban J connectivity index is 2.12. The molecular weight excluding hydrogens is 420 g/mol. The summed E-state index contributed by atoms with van der Waals surface area (Å²) in [5, 5.41) is 3.57. The van der Waals surface area contributed by atoms with Crippen LogP contribution < -0.4 is 5.32 Å². The molecule has 0 spiro atoms. The summed E-state index contributed by atoms with van der Waals surface area (Å²) in [6, 6.07) is 15.3. The Morgan fingerprint density at radius 3 is 2.22 bits per heavy atom. The van der Waals surface area contributed by atoms with Gasteiger partial charge in [0.2, 0.25) is 11.8 Å². The predicted octanol–water partition coefficient (Wildman–Crippen LogP) is 5.76. The highest BCUT2D eigenvalue weighted by Crippen LogP contribution is 2.23. The van der Waals surface area contributed by atoms with Crippen LogP contribution >= 0.6 is 11.6 Å². The Labute approximate surface area is 198 Å². The Morgan fingerprint density at radius 1 is 1.00 bits per heavy atom. The van der Waals surface area contributed by atoms with Crippen LogP contribution in [0, 0.1) is 5.92 Å². The lowest BCUT2D eigenvalue weighted by molar-refractivity contribution is -0.140. The maximum Gasteiger partial charge on any atom is 0.242 e. The van der Waals surface area contributed by atoms with E-state index in [0.717, 1.165) is 11.1 Å². The minimum absolute atomic E-state index is 0.0444. The van der Waals surface area contributed by atoms with Crippen LogP contribution in [0.1, 0.15) is 64.7 Å². The normalized spacial score (nSPS) is 12.5. The fourth-order valence-corrected chi connectivity index (χ4v) is 3.65. The van der Waals surface area contributed by atoms with Crippen molar-refractivity contribution in [3.63, 3.8) is 0 Å². The summed E-state index contributed by atoms with van der Waals surface area (Å²) in [7, 11) is 0. The van der Waals surface area contributed by atoms with Crippen LogP contribution in [0.25, 0.3) is 0 Å². The van der Waals surface area contributed by atoms with Gasteiger partial charge in [0, 0.05) is 24.5 Å². The number of carbonyl (C=O) groups is 2. The minimum atomic E-state index is -0.566.